The molecule has 2 N–H and O–H groups in total. The van der Waals surface area contributed by atoms with Crippen LogP contribution in [-0.4, -0.2) is 40.9 Å². The van der Waals surface area contributed by atoms with Crippen LogP contribution < -0.4 is 16.2 Å². The molecule has 3 aromatic rings. The van der Waals surface area contributed by atoms with E-state index in [0.29, 0.717) is 17.8 Å². The number of benzene rings is 2. The topological polar surface area (TPSA) is 83.4 Å². The molecule has 2 unspecified atom stereocenters. The van der Waals surface area contributed by atoms with E-state index in [1.54, 1.807) is 32.2 Å². The standard InChI is InChI=1S/C29H33FN4O3/c1-4-33(26-11-7-9-20-8-5-6-10-23(20)26)27(35)18-34-25(21-12-14-22(30)15-13-21)17-16-24(29(34)37)32-28(36)19(2)31-3/h5-6,8,10,12-17,19,26,31H,4,7,9,11,18H2,1-3H3,(H,32,36). The number of pyridine rings is 1. The number of rotatable bonds is 8. The van der Waals surface area contributed by atoms with Gasteiger partial charge in [-0.05, 0) is 93.2 Å². The van der Waals surface area contributed by atoms with Gasteiger partial charge in [0.2, 0.25) is 11.8 Å². The van der Waals surface area contributed by atoms with Crippen LogP contribution in [0.15, 0.2) is 65.5 Å². The van der Waals surface area contributed by atoms with E-state index in [0.717, 1.165) is 24.8 Å². The second kappa shape index (κ2) is 11.5. The van der Waals surface area contributed by atoms with Crippen LogP contribution in [0, 0.1) is 5.82 Å². The summed E-state index contributed by atoms with van der Waals surface area (Å²) >= 11 is 0. The van der Waals surface area contributed by atoms with Gasteiger partial charge in [0.25, 0.3) is 5.56 Å². The predicted molar refractivity (Wildman–Crippen MR) is 143 cm³/mol. The molecule has 1 aliphatic carbocycles. The van der Waals surface area contributed by atoms with Gasteiger partial charge in [0.05, 0.1) is 17.8 Å². The smallest absolute Gasteiger partial charge is 0.275 e. The Hall–Kier alpha value is -3.78. The molecule has 8 heteroatoms. The van der Waals surface area contributed by atoms with E-state index in [4.69, 9.17) is 0 Å². The molecule has 7 nitrogen and oxygen atoms in total. The van der Waals surface area contributed by atoms with Gasteiger partial charge >= 0.3 is 0 Å². The highest BCUT2D eigenvalue weighted by atomic mass is 19.1. The molecule has 2 aromatic carbocycles. The van der Waals surface area contributed by atoms with Gasteiger partial charge in [0.1, 0.15) is 18.0 Å². The summed E-state index contributed by atoms with van der Waals surface area (Å²) in [6, 6.07) is 16.6. The Kier molecular flexibility index (Phi) is 8.18. The number of amides is 2. The summed E-state index contributed by atoms with van der Waals surface area (Å²) in [4.78, 5) is 41.6. The molecule has 0 saturated carbocycles. The van der Waals surface area contributed by atoms with Crippen molar-refractivity contribution in [3.05, 3.63) is 88.0 Å². The minimum absolute atomic E-state index is 0.0632. The second-order valence-corrected chi connectivity index (χ2v) is 9.32. The minimum atomic E-state index is -0.506. The number of halogens is 1. The summed E-state index contributed by atoms with van der Waals surface area (Å²) in [5, 5.41) is 5.51. The Morgan fingerprint density at radius 3 is 2.54 bits per heavy atom. The largest absolute Gasteiger partial charge is 0.334 e. The SMILES string of the molecule is CCN(C(=O)Cn1c(-c2ccc(F)cc2)ccc(NC(=O)C(C)NC)c1=O)C1CCCc2ccccc21. The lowest BCUT2D eigenvalue weighted by Gasteiger charge is -2.35. The summed E-state index contributed by atoms with van der Waals surface area (Å²) in [5.41, 5.74) is 3.05. The molecule has 0 bridgehead atoms. The van der Waals surface area contributed by atoms with E-state index in [-0.39, 0.29) is 30.1 Å². The van der Waals surface area contributed by atoms with E-state index in [9.17, 15) is 18.8 Å². The molecule has 0 spiro atoms. The van der Waals surface area contributed by atoms with Gasteiger partial charge in [-0.25, -0.2) is 4.39 Å². The van der Waals surface area contributed by atoms with E-state index < -0.39 is 17.4 Å². The lowest BCUT2D eigenvalue weighted by Crippen LogP contribution is -2.41. The first-order valence-corrected chi connectivity index (χ1v) is 12.7. The first-order valence-electron chi connectivity index (χ1n) is 12.7. The van der Waals surface area contributed by atoms with Gasteiger partial charge in [0, 0.05) is 6.54 Å². The third-order valence-corrected chi connectivity index (χ3v) is 7.07. The minimum Gasteiger partial charge on any atom is -0.334 e. The summed E-state index contributed by atoms with van der Waals surface area (Å²) in [7, 11) is 1.65. The third kappa shape index (κ3) is 5.64. The molecular formula is C29H33FN4O3. The Morgan fingerprint density at radius 1 is 1.11 bits per heavy atom. The number of likely N-dealkylation sites (N-methyl/N-ethyl adjacent to an activating group) is 2. The number of fused-ring (bicyclic) bond motifs is 1. The van der Waals surface area contributed by atoms with Crippen molar-refractivity contribution < 1.29 is 14.0 Å². The highest BCUT2D eigenvalue weighted by Gasteiger charge is 2.29. The number of aryl methyl sites for hydroxylation is 1. The molecule has 1 aliphatic rings. The van der Waals surface area contributed by atoms with Crippen molar-refractivity contribution in [2.75, 3.05) is 18.9 Å². The fourth-order valence-corrected chi connectivity index (χ4v) is 4.92. The number of anilines is 1. The number of carbonyl (C=O) groups excluding carboxylic acids is 2. The van der Waals surface area contributed by atoms with Crippen LogP contribution in [0.1, 0.15) is 43.9 Å². The molecule has 2 atom stereocenters. The van der Waals surface area contributed by atoms with Crippen molar-refractivity contribution in [2.24, 2.45) is 0 Å². The van der Waals surface area contributed by atoms with Gasteiger partial charge < -0.3 is 15.5 Å². The van der Waals surface area contributed by atoms with Crippen LogP contribution >= 0.6 is 0 Å². The second-order valence-electron chi connectivity index (χ2n) is 9.32. The Bertz CT molecular complexity index is 1340. The molecule has 37 heavy (non-hydrogen) atoms. The molecule has 0 radical (unpaired) electrons. The fraction of sp³-hybridized carbons (Fsp3) is 0.345. The van der Waals surface area contributed by atoms with E-state index in [2.05, 4.69) is 22.8 Å². The van der Waals surface area contributed by atoms with Crippen molar-refractivity contribution in [1.82, 2.24) is 14.8 Å². The maximum absolute atomic E-state index is 13.7. The third-order valence-electron chi connectivity index (χ3n) is 7.07. The van der Waals surface area contributed by atoms with Crippen molar-refractivity contribution >= 4 is 17.5 Å². The average molecular weight is 505 g/mol. The van der Waals surface area contributed by atoms with E-state index in [1.807, 2.05) is 24.0 Å². The van der Waals surface area contributed by atoms with E-state index in [1.165, 1.54) is 28.3 Å². The Balaban J connectivity index is 1.72. The predicted octanol–water partition coefficient (Wildman–Crippen LogP) is 4.13. The van der Waals surface area contributed by atoms with E-state index >= 15 is 0 Å². The fourth-order valence-electron chi connectivity index (χ4n) is 4.92. The zero-order valence-electron chi connectivity index (χ0n) is 21.5. The Labute approximate surface area is 216 Å². The zero-order valence-corrected chi connectivity index (χ0v) is 21.5. The normalized spacial score (nSPS) is 15.5. The zero-order chi connectivity index (χ0) is 26.5. The van der Waals surface area contributed by atoms with Crippen LogP contribution in [0.2, 0.25) is 0 Å². The van der Waals surface area contributed by atoms with Gasteiger partial charge in [-0.1, -0.05) is 24.3 Å². The highest BCUT2D eigenvalue weighted by Crippen LogP contribution is 2.34. The van der Waals surface area contributed by atoms with Crippen molar-refractivity contribution in [1.29, 1.82) is 0 Å². The molecule has 194 valence electrons. The number of hydrogen-bond donors (Lipinski definition) is 2. The van der Waals surface area contributed by atoms with Crippen LogP contribution in [0.3, 0.4) is 0 Å². The number of aromatic nitrogens is 1. The molecule has 1 heterocycles. The number of nitrogens with one attached hydrogen (secondary N) is 2. The van der Waals surface area contributed by atoms with Gasteiger partial charge in [-0.3, -0.25) is 19.0 Å². The molecule has 0 saturated heterocycles. The summed E-state index contributed by atoms with van der Waals surface area (Å²) in [5.74, 6) is -0.950. The maximum atomic E-state index is 13.7. The molecule has 0 aliphatic heterocycles. The number of nitrogens with zero attached hydrogens (tertiary/aromatic N) is 2. The van der Waals surface area contributed by atoms with Crippen molar-refractivity contribution in [3.63, 3.8) is 0 Å². The monoisotopic (exact) mass is 504 g/mol. The van der Waals surface area contributed by atoms with Crippen LogP contribution in [0.4, 0.5) is 10.1 Å². The Morgan fingerprint density at radius 2 is 1.84 bits per heavy atom. The molecule has 0 fully saturated rings. The lowest BCUT2D eigenvalue weighted by atomic mass is 9.86. The van der Waals surface area contributed by atoms with Gasteiger partial charge in [-0.2, -0.15) is 0 Å². The molecule has 2 amide bonds. The van der Waals surface area contributed by atoms with Crippen LogP contribution in [-0.2, 0) is 22.6 Å². The van der Waals surface area contributed by atoms with Gasteiger partial charge in [-0.15, -0.1) is 0 Å². The molecule has 4 rings (SSSR count). The first-order chi connectivity index (χ1) is 17.8. The first kappa shape index (κ1) is 26.3. The summed E-state index contributed by atoms with van der Waals surface area (Å²) < 4.78 is 15.0. The average Bonchev–Trinajstić information content (AvgIpc) is 2.91. The quantitative estimate of drug-likeness (QED) is 0.483. The summed E-state index contributed by atoms with van der Waals surface area (Å²) in [6.07, 6.45) is 2.82. The summed E-state index contributed by atoms with van der Waals surface area (Å²) in [6.45, 7) is 3.91. The maximum Gasteiger partial charge on any atom is 0.275 e. The lowest BCUT2D eigenvalue weighted by molar-refractivity contribution is -0.134. The van der Waals surface area contributed by atoms with Crippen molar-refractivity contribution in [2.45, 2.75) is 51.7 Å². The number of hydrogen-bond acceptors (Lipinski definition) is 4. The van der Waals surface area contributed by atoms with Crippen LogP contribution in [0.5, 0.6) is 0 Å². The van der Waals surface area contributed by atoms with Crippen LogP contribution in [0.25, 0.3) is 11.3 Å². The molecular weight excluding hydrogens is 471 g/mol. The molecule has 1 aromatic heterocycles. The van der Waals surface area contributed by atoms with Crippen molar-refractivity contribution in [3.8, 4) is 11.3 Å². The van der Waals surface area contributed by atoms with Gasteiger partial charge in [0.15, 0.2) is 0 Å². The highest BCUT2D eigenvalue weighted by molar-refractivity contribution is 5.94. The number of carbonyl (C=O) groups is 2.